The van der Waals surface area contributed by atoms with E-state index in [4.69, 9.17) is 4.98 Å². The maximum Gasteiger partial charge on any atom is 0.241 e. The zero-order chi connectivity index (χ0) is 14.4. The standard InChI is InChI=1S/C14H19N5OS/c1-17-4-5-18(9-12(17)20)13-11(8-15-10-2-3-10)19-6-7-21-14(19)16-13/h6-7,10,15H,2-5,8-9H2,1H3. The highest BCUT2D eigenvalue weighted by Crippen LogP contribution is 2.27. The second kappa shape index (κ2) is 4.99. The van der Waals surface area contributed by atoms with Crippen LogP contribution in [0.2, 0.25) is 0 Å². The third-order valence-electron chi connectivity index (χ3n) is 4.23. The molecule has 2 aromatic heterocycles. The highest BCUT2D eigenvalue weighted by Gasteiger charge is 2.27. The normalized spacial score (nSPS) is 19.8. The van der Waals surface area contributed by atoms with Crippen LogP contribution in [0.5, 0.6) is 0 Å². The van der Waals surface area contributed by atoms with Crippen LogP contribution in [-0.2, 0) is 11.3 Å². The van der Waals surface area contributed by atoms with Crippen LogP contribution in [0.15, 0.2) is 11.6 Å². The Morgan fingerprint density at radius 2 is 2.29 bits per heavy atom. The van der Waals surface area contributed by atoms with Crippen molar-refractivity contribution in [3.8, 4) is 0 Å². The second-order valence-corrected chi connectivity index (χ2v) is 6.70. The number of fused-ring (bicyclic) bond motifs is 1. The van der Waals surface area contributed by atoms with Gasteiger partial charge >= 0.3 is 0 Å². The molecular weight excluding hydrogens is 286 g/mol. The Hall–Kier alpha value is -1.60. The lowest BCUT2D eigenvalue weighted by Crippen LogP contribution is -2.49. The molecule has 3 heterocycles. The fourth-order valence-corrected chi connectivity index (χ4v) is 3.43. The molecule has 2 fully saturated rings. The Bertz CT molecular complexity index is 674. The van der Waals surface area contributed by atoms with Gasteiger partial charge in [0.25, 0.3) is 0 Å². The zero-order valence-electron chi connectivity index (χ0n) is 12.1. The van der Waals surface area contributed by atoms with E-state index in [1.54, 1.807) is 16.2 Å². The highest BCUT2D eigenvalue weighted by atomic mass is 32.1. The van der Waals surface area contributed by atoms with E-state index in [1.165, 1.54) is 18.5 Å². The number of nitrogens with zero attached hydrogens (tertiary/aromatic N) is 4. The number of anilines is 1. The van der Waals surface area contributed by atoms with Gasteiger partial charge in [0.1, 0.15) is 0 Å². The third kappa shape index (κ3) is 2.40. The largest absolute Gasteiger partial charge is 0.344 e. The van der Waals surface area contributed by atoms with E-state index in [-0.39, 0.29) is 5.91 Å². The van der Waals surface area contributed by atoms with Crippen molar-refractivity contribution in [3.05, 3.63) is 17.3 Å². The molecule has 1 amide bonds. The van der Waals surface area contributed by atoms with Crippen molar-refractivity contribution in [2.45, 2.75) is 25.4 Å². The molecule has 0 aromatic carbocycles. The molecule has 2 aromatic rings. The number of carbonyl (C=O) groups is 1. The Morgan fingerprint density at radius 3 is 3.05 bits per heavy atom. The maximum atomic E-state index is 12.0. The summed E-state index contributed by atoms with van der Waals surface area (Å²) < 4.78 is 2.15. The first kappa shape index (κ1) is 13.1. The van der Waals surface area contributed by atoms with E-state index in [1.807, 2.05) is 7.05 Å². The van der Waals surface area contributed by atoms with E-state index in [2.05, 4.69) is 26.2 Å². The summed E-state index contributed by atoms with van der Waals surface area (Å²) in [6.45, 7) is 2.86. The minimum absolute atomic E-state index is 0.165. The predicted octanol–water partition coefficient (Wildman–Crippen LogP) is 0.926. The van der Waals surface area contributed by atoms with Crippen LogP contribution in [0.25, 0.3) is 4.96 Å². The number of hydrogen-bond acceptors (Lipinski definition) is 5. The van der Waals surface area contributed by atoms with Crippen molar-refractivity contribution in [1.29, 1.82) is 0 Å². The van der Waals surface area contributed by atoms with E-state index in [0.29, 0.717) is 12.6 Å². The van der Waals surface area contributed by atoms with Crippen molar-refractivity contribution in [1.82, 2.24) is 19.6 Å². The minimum atomic E-state index is 0.165. The van der Waals surface area contributed by atoms with Crippen LogP contribution < -0.4 is 10.2 Å². The molecule has 0 atom stereocenters. The number of likely N-dealkylation sites (N-methyl/N-ethyl adjacent to an activating group) is 1. The molecule has 4 rings (SSSR count). The van der Waals surface area contributed by atoms with Gasteiger partial charge in [-0.1, -0.05) is 0 Å². The molecule has 0 unspecified atom stereocenters. The number of aromatic nitrogens is 2. The average Bonchev–Trinajstić information content (AvgIpc) is 3.07. The molecular formula is C14H19N5OS. The van der Waals surface area contributed by atoms with Crippen LogP contribution in [-0.4, -0.2) is 52.9 Å². The summed E-state index contributed by atoms with van der Waals surface area (Å²) in [6, 6.07) is 0.663. The molecule has 112 valence electrons. The van der Waals surface area contributed by atoms with Gasteiger partial charge in [0, 0.05) is 44.3 Å². The first-order valence-electron chi connectivity index (χ1n) is 7.39. The first-order valence-corrected chi connectivity index (χ1v) is 8.27. The van der Waals surface area contributed by atoms with Crippen molar-refractivity contribution in [2.24, 2.45) is 0 Å². The minimum Gasteiger partial charge on any atom is -0.344 e. The summed E-state index contributed by atoms with van der Waals surface area (Å²) >= 11 is 1.64. The summed E-state index contributed by atoms with van der Waals surface area (Å²) in [5, 5.41) is 5.62. The Morgan fingerprint density at radius 1 is 1.43 bits per heavy atom. The number of rotatable bonds is 4. The van der Waals surface area contributed by atoms with Gasteiger partial charge in [-0.05, 0) is 12.8 Å². The monoisotopic (exact) mass is 305 g/mol. The van der Waals surface area contributed by atoms with Gasteiger partial charge in [-0.25, -0.2) is 4.98 Å². The van der Waals surface area contributed by atoms with Crippen molar-refractivity contribution < 1.29 is 4.79 Å². The molecule has 0 radical (unpaired) electrons. The molecule has 21 heavy (non-hydrogen) atoms. The number of amides is 1. The molecule has 1 N–H and O–H groups in total. The lowest BCUT2D eigenvalue weighted by atomic mass is 10.3. The molecule has 6 nitrogen and oxygen atoms in total. The van der Waals surface area contributed by atoms with Crippen LogP contribution in [0.4, 0.5) is 5.82 Å². The summed E-state index contributed by atoms with van der Waals surface area (Å²) in [7, 11) is 1.86. The molecule has 1 saturated heterocycles. The molecule has 1 aliphatic heterocycles. The maximum absolute atomic E-state index is 12.0. The molecule has 0 spiro atoms. The van der Waals surface area contributed by atoms with Gasteiger partial charge in [0.05, 0.1) is 12.2 Å². The van der Waals surface area contributed by atoms with Gasteiger partial charge in [-0.3, -0.25) is 9.20 Å². The van der Waals surface area contributed by atoms with Crippen LogP contribution in [0, 0.1) is 0 Å². The van der Waals surface area contributed by atoms with Crippen LogP contribution >= 0.6 is 11.3 Å². The lowest BCUT2D eigenvalue weighted by Gasteiger charge is -2.32. The number of piperazine rings is 1. The number of nitrogens with one attached hydrogen (secondary N) is 1. The predicted molar refractivity (Wildman–Crippen MR) is 82.8 cm³/mol. The average molecular weight is 305 g/mol. The topological polar surface area (TPSA) is 52.9 Å². The molecule has 0 bridgehead atoms. The third-order valence-corrected chi connectivity index (χ3v) is 4.99. The molecule has 1 saturated carbocycles. The van der Waals surface area contributed by atoms with E-state index in [9.17, 15) is 4.79 Å². The van der Waals surface area contributed by atoms with Crippen LogP contribution in [0.3, 0.4) is 0 Å². The second-order valence-electron chi connectivity index (χ2n) is 5.83. The first-order chi connectivity index (χ1) is 10.2. The molecule has 7 heteroatoms. The zero-order valence-corrected chi connectivity index (χ0v) is 12.9. The highest BCUT2D eigenvalue weighted by molar-refractivity contribution is 7.15. The number of thiazole rings is 1. The lowest BCUT2D eigenvalue weighted by molar-refractivity contribution is -0.129. The smallest absolute Gasteiger partial charge is 0.241 e. The summed E-state index contributed by atoms with van der Waals surface area (Å²) in [5.41, 5.74) is 1.18. The van der Waals surface area contributed by atoms with E-state index in [0.717, 1.165) is 30.4 Å². The van der Waals surface area contributed by atoms with Crippen LogP contribution in [0.1, 0.15) is 18.5 Å². The fraction of sp³-hybridized carbons (Fsp3) is 0.571. The number of hydrogen-bond donors (Lipinski definition) is 1. The fourth-order valence-electron chi connectivity index (χ4n) is 2.71. The van der Waals surface area contributed by atoms with Crippen molar-refractivity contribution >= 4 is 28.0 Å². The van der Waals surface area contributed by atoms with Gasteiger partial charge < -0.3 is 15.1 Å². The van der Waals surface area contributed by atoms with Gasteiger partial charge in [0.15, 0.2) is 10.8 Å². The molecule has 1 aliphatic carbocycles. The van der Waals surface area contributed by atoms with Gasteiger partial charge in [0.2, 0.25) is 5.91 Å². The quantitative estimate of drug-likeness (QED) is 0.913. The van der Waals surface area contributed by atoms with Gasteiger partial charge in [-0.15, -0.1) is 11.3 Å². The Balaban J connectivity index is 1.64. The number of imidazole rings is 1. The summed E-state index contributed by atoms with van der Waals surface area (Å²) in [5.74, 6) is 1.13. The summed E-state index contributed by atoms with van der Waals surface area (Å²) in [6.07, 6.45) is 4.61. The van der Waals surface area contributed by atoms with Crippen molar-refractivity contribution in [3.63, 3.8) is 0 Å². The SMILES string of the molecule is CN1CCN(c2nc3sccn3c2CNC2CC2)CC1=O. The summed E-state index contributed by atoms with van der Waals surface area (Å²) in [4.78, 5) is 21.6. The Labute approximate surface area is 127 Å². The van der Waals surface area contributed by atoms with E-state index >= 15 is 0 Å². The van der Waals surface area contributed by atoms with E-state index < -0.39 is 0 Å². The Kier molecular flexibility index (Phi) is 3.11. The molecule has 2 aliphatic rings. The number of carbonyl (C=O) groups excluding carboxylic acids is 1. The van der Waals surface area contributed by atoms with Crippen molar-refractivity contribution in [2.75, 3.05) is 31.6 Å². The van der Waals surface area contributed by atoms with Gasteiger partial charge in [-0.2, -0.15) is 0 Å².